The topological polar surface area (TPSA) is 54.7 Å². The average Bonchev–Trinajstić information content (AvgIpc) is 2.69. The molecular weight excluding hydrogens is 268 g/mol. The predicted molar refractivity (Wildman–Crippen MR) is 77.7 cm³/mol. The van der Waals surface area contributed by atoms with Crippen LogP contribution in [0, 0.1) is 5.92 Å². The molecule has 0 radical (unpaired) electrons. The Morgan fingerprint density at radius 1 is 1.24 bits per heavy atom. The van der Waals surface area contributed by atoms with Crippen LogP contribution >= 0.6 is 0 Å². The zero-order valence-electron chi connectivity index (χ0n) is 11.7. The number of nitrogens with one attached hydrogen (secondary N) is 1. The van der Waals surface area contributed by atoms with Gasteiger partial charge in [-0.15, -0.1) is 0 Å². The first-order valence-electron chi connectivity index (χ1n) is 7.36. The minimum Gasteiger partial charge on any atom is -0.460 e. The number of para-hydroxylation sites is 1. The molecule has 0 spiro atoms. The van der Waals surface area contributed by atoms with E-state index in [0.29, 0.717) is 13.2 Å². The molecule has 5 heteroatoms. The predicted octanol–water partition coefficient (Wildman–Crippen LogP) is 1.38. The number of carbonyl (C=O) groups excluding carboxylic acids is 1. The van der Waals surface area contributed by atoms with Crippen molar-refractivity contribution in [2.75, 3.05) is 26.3 Å². The van der Waals surface area contributed by atoms with Crippen LogP contribution in [0.5, 0.6) is 0 Å². The molecular formula is C16H18N2O3. The highest BCUT2D eigenvalue weighted by Gasteiger charge is 2.33. The third-order valence-electron chi connectivity index (χ3n) is 4.17. The van der Waals surface area contributed by atoms with Gasteiger partial charge in [0.2, 0.25) is 5.91 Å². The van der Waals surface area contributed by atoms with Crippen LogP contribution in [0.1, 0.15) is 5.76 Å². The quantitative estimate of drug-likeness (QED) is 0.906. The number of nitrogens with zero attached hydrogens (tertiary/aromatic N) is 1. The first kappa shape index (κ1) is 12.9. The molecule has 1 amide bonds. The van der Waals surface area contributed by atoms with Crippen LogP contribution in [0.25, 0.3) is 11.0 Å². The van der Waals surface area contributed by atoms with Crippen LogP contribution < -0.4 is 5.32 Å². The van der Waals surface area contributed by atoms with Crippen molar-refractivity contribution in [1.82, 2.24) is 10.2 Å². The summed E-state index contributed by atoms with van der Waals surface area (Å²) >= 11 is 0. The Balaban J connectivity index is 1.55. The van der Waals surface area contributed by atoms with Gasteiger partial charge in [0.1, 0.15) is 11.3 Å². The molecule has 1 aromatic heterocycles. The van der Waals surface area contributed by atoms with Gasteiger partial charge in [-0.1, -0.05) is 18.2 Å². The molecule has 0 aliphatic carbocycles. The number of fused-ring (bicyclic) bond motifs is 4. The van der Waals surface area contributed by atoms with Gasteiger partial charge in [-0.2, -0.15) is 0 Å². The monoisotopic (exact) mass is 286 g/mol. The van der Waals surface area contributed by atoms with Crippen molar-refractivity contribution >= 4 is 16.9 Å². The maximum Gasteiger partial charge on any atom is 0.227 e. The highest BCUT2D eigenvalue weighted by molar-refractivity contribution is 5.80. The summed E-state index contributed by atoms with van der Waals surface area (Å²) in [4.78, 5) is 14.3. The zero-order chi connectivity index (χ0) is 14.2. The lowest BCUT2D eigenvalue weighted by Gasteiger charge is -2.26. The molecule has 4 rings (SSSR count). The van der Waals surface area contributed by atoms with Crippen molar-refractivity contribution in [3.8, 4) is 0 Å². The van der Waals surface area contributed by atoms with E-state index in [1.54, 1.807) is 0 Å². The van der Waals surface area contributed by atoms with E-state index in [4.69, 9.17) is 9.15 Å². The molecule has 2 bridgehead atoms. The van der Waals surface area contributed by atoms with Crippen LogP contribution in [0.2, 0.25) is 0 Å². The summed E-state index contributed by atoms with van der Waals surface area (Å²) < 4.78 is 11.4. The third kappa shape index (κ3) is 2.54. The molecule has 2 aliphatic rings. The Morgan fingerprint density at radius 2 is 2.14 bits per heavy atom. The molecule has 2 fully saturated rings. The number of rotatable bonds is 2. The van der Waals surface area contributed by atoms with Gasteiger partial charge >= 0.3 is 0 Å². The molecule has 2 aromatic rings. The minimum atomic E-state index is -0.0816. The molecule has 0 unspecified atom stereocenters. The van der Waals surface area contributed by atoms with E-state index in [-0.39, 0.29) is 17.9 Å². The fourth-order valence-corrected chi connectivity index (χ4v) is 3.19. The molecule has 110 valence electrons. The lowest BCUT2D eigenvalue weighted by atomic mass is 10.1. The molecule has 21 heavy (non-hydrogen) atoms. The standard InChI is InChI=1S/C16H18N2O3/c19-16-12-6-18(7-13(17-16)10-20-9-12)8-14-5-11-3-1-2-4-15(11)21-14/h1-5,12-13H,6-10H2,(H,17,19)/t12-,13+/m1/s1. The van der Waals surface area contributed by atoms with E-state index in [1.807, 2.05) is 18.2 Å². The molecule has 1 aromatic carbocycles. The lowest BCUT2D eigenvalue weighted by Crippen LogP contribution is -2.41. The smallest absolute Gasteiger partial charge is 0.227 e. The number of benzene rings is 1. The van der Waals surface area contributed by atoms with Crippen LogP contribution in [0.3, 0.4) is 0 Å². The van der Waals surface area contributed by atoms with Crippen molar-refractivity contribution in [1.29, 1.82) is 0 Å². The maximum absolute atomic E-state index is 12.0. The van der Waals surface area contributed by atoms with Gasteiger partial charge in [0.15, 0.2) is 0 Å². The minimum absolute atomic E-state index is 0.0781. The molecule has 2 atom stereocenters. The highest BCUT2D eigenvalue weighted by Crippen LogP contribution is 2.22. The summed E-state index contributed by atoms with van der Waals surface area (Å²) in [6.45, 7) is 3.37. The van der Waals surface area contributed by atoms with Gasteiger partial charge in [-0.25, -0.2) is 0 Å². The average molecular weight is 286 g/mol. The van der Waals surface area contributed by atoms with Crippen LogP contribution in [-0.2, 0) is 16.1 Å². The van der Waals surface area contributed by atoms with Gasteiger partial charge in [0.05, 0.1) is 31.7 Å². The number of hydrogen-bond donors (Lipinski definition) is 1. The SMILES string of the molecule is O=C1N[C@@H]2COC[C@H]1CN(Cc1cc3ccccc3o1)C2. The first-order chi connectivity index (χ1) is 10.3. The summed E-state index contributed by atoms with van der Waals surface area (Å²) in [6, 6.07) is 10.2. The van der Waals surface area contributed by atoms with E-state index in [0.717, 1.165) is 36.4 Å². The Hall–Kier alpha value is -1.85. The van der Waals surface area contributed by atoms with Crippen molar-refractivity contribution in [2.45, 2.75) is 12.6 Å². The van der Waals surface area contributed by atoms with E-state index in [2.05, 4.69) is 22.3 Å². The van der Waals surface area contributed by atoms with E-state index >= 15 is 0 Å². The molecule has 0 saturated carbocycles. The first-order valence-corrected chi connectivity index (χ1v) is 7.36. The summed E-state index contributed by atoms with van der Waals surface area (Å²) in [6.07, 6.45) is 0. The summed E-state index contributed by atoms with van der Waals surface area (Å²) in [7, 11) is 0. The lowest BCUT2D eigenvalue weighted by molar-refractivity contribution is -0.125. The number of hydrogen-bond acceptors (Lipinski definition) is 4. The van der Waals surface area contributed by atoms with Gasteiger partial charge in [0.25, 0.3) is 0 Å². The van der Waals surface area contributed by atoms with Crippen molar-refractivity contribution in [3.63, 3.8) is 0 Å². The zero-order valence-corrected chi connectivity index (χ0v) is 11.7. The largest absolute Gasteiger partial charge is 0.460 e. The Bertz CT molecular complexity index is 633. The van der Waals surface area contributed by atoms with E-state index in [9.17, 15) is 4.79 Å². The Morgan fingerprint density at radius 3 is 3.05 bits per heavy atom. The third-order valence-corrected chi connectivity index (χ3v) is 4.17. The maximum atomic E-state index is 12.0. The van der Waals surface area contributed by atoms with Gasteiger partial charge < -0.3 is 14.5 Å². The van der Waals surface area contributed by atoms with Crippen molar-refractivity contribution < 1.29 is 13.9 Å². The second-order valence-corrected chi connectivity index (χ2v) is 5.88. The van der Waals surface area contributed by atoms with Gasteiger partial charge in [-0.05, 0) is 12.1 Å². The molecule has 1 N–H and O–H groups in total. The number of furan rings is 1. The number of amides is 1. The molecule has 2 saturated heterocycles. The summed E-state index contributed by atoms with van der Waals surface area (Å²) in [5, 5.41) is 4.17. The Kier molecular flexibility index (Phi) is 3.16. The Labute approximate surface area is 122 Å². The van der Waals surface area contributed by atoms with Crippen molar-refractivity contribution in [2.24, 2.45) is 5.92 Å². The number of carbonyl (C=O) groups is 1. The second kappa shape index (κ2) is 5.16. The van der Waals surface area contributed by atoms with Crippen LogP contribution in [0.15, 0.2) is 34.7 Å². The van der Waals surface area contributed by atoms with Crippen LogP contribution in [0.4, 0.5) is 0 Å². The van der Waals surface area contributed by atoms with E-state index in [1.165, 1.54) is 0 Å². The second-order valence-electron chi connectivity index (χ2n) is 5.88. The molecule has 2 aliphatic heterocycles. The molecule has 3 heterocycles. The van der Waals surface area contributed by atoms with E-state index < -0.39 is 0 Å². The summed E-state index contributed by atoms with van der Waals surface area (Å²) in [5.41, 5.74) is 0.917. The summed E-state index contributed by atoms with van der Waals surface area (Å²) in [5.74, 6) is 0.982. The fourth-order valence-electron chi connectivity index (χ4n) is 3.19. The van der Waals surface area contributed by atoms with Gasteiger partial charge in [-0.3, -0.25) is 9.69 Å². The van der Waals surface area contributed by atoms with Crippen molar-refractivity contribution in [3.05, 3.63) is 36.1 Å². The number of ether oxygens (including phenoxy) is 1. The van der Waals surface area contributed by atoms with Gasteiger partial charge in [0, 0.05) is 18.5 Å². The molecule has 5 nitrogen and oxygen atoms in total. The normalized spacial score (nSPS) is 26.6. The van der Waals surface area contributed by atoms with Crippen LogP contribution in [-0.4, -0.2) is 43.2 Å². The highest BCUT2D eigenvalue weighted by atomic mass is 16.5. The fraction of sp³-hybridized carbons (Fsp3) is 0.438.